The van der Waals surface area contributed by atoms with Crippen molar-refractivity contribution in [3.63, 3.8) is 0 Å². The number of amides is 1. The van der Waals surface area contributed by atoms with Crippen molar-refractivity contribution in [2.75, 3.05) is 13.7 Å². The summed E-state index contributed by atoms with van der Waals surface area (Å²) >= 11 is 0. The standard InChI is InChI=1S/C18H21NO2/c1-14-8-6-7-11-16(14)12-18(20)19-13-17(21-2)15-9-4-3-5-10-15/h3-11,17H,12-13H2,1-2H3,(H,19,20). The van der Waals surface area contributed by atoms with E-state index < -0.39 is 0 Å². The first-order chi connectivity index (χ1) is 10.2. The van der Waals surface area contributed by atoms with E-state index in [4.69, 9.17) is 4.74 Å². The van der Waals surface area contributed by atoms with Crippen molar-refractivity contribution in [3.8, 4) is 0 Å². The minimum atomic E-state index is -0.118. The highest BCUT2D eigenvalue weighted by molar-refractivity contribution is 5.78. The van der Waals surface area contributed by atoms with Gasteiger partial charge >= 0.3 is 0 Å². The maximum Gasteiger partial charge on any atom is 0.224 e. The Balaban J connectivity index is 1.90. The molecule has 3 heteroatoms. The molecule has 1 amide bonds. The molecule has 21 heavy (non-hydrogen) atoms. The SMILES string of the molecule is COC(CNC(=O)Cc1ccccc1C)c1ccccc1. The van der Waals surface area contributed by atoms with Gasteiger partial charge in [0.1, 0.15) is 0 Å². The molecule has 2 aromatic rings. The van der Waals surface area contributed by atoms with Gasteiger partial charge in [-0.25, -0.2) is 0 Å². The van der Waals surface area contributed by atoms with Gasteiger partial charge in [-0.05, 0) is 23.6 Å². The Bertz CT molecular complexity index is 581. The molecule has 3 nitrogen and oxygen atoms in total. The van der Waals surface area contributed by atoms with Crippen molar-refractivity contribution < 1.29 is 9.53 Å². The van der Waals surface area contributed by atoms with Crippen LogP contribution in [0.1, 0.15) is 22.8 Å². The third kappa shape index (κ3) is 4.43. The van der Waals surface area contributed by atoms with E-state index in [0.29, 0.717) is 13.0 Å². The van der Waals surface area contributed by atoms with Crippen LogP contribution in [-0.4, -0.2) is 19.6 Å². The second-order valence-electron chi connectivity index (χ2n) is 5.04. The van der Waals surface area contributed by atoms with Gasteiger partial charge in [0.05, 0.1) is 12.5 Å². The van der Waals surface area contributed by atoms with E-state index in [1.165, 1.54) is 0 Å². The van der Waals surface area contributed by atoms with E-state index >= 15 is 0 Å². The zero-order valence-corrected chi connectivity index (χ0v) is 12.5. The Hall–Kier alpha value is -2.13. The van der Waals surface area contributed by atoms with Crippen molar-refractivity contribution >= 4 is 5.91 Å². The topological polar surface area (TPSA) is 38.3 Å². The first-order valence-electron chi connectivity index (χ1n) is 7.09. The number of benzene rings is 2. The molecule has 0 aliphatic rings. The van der Waals surface area contributed by atoms with Gasteiger partial charge in [0, 0.05) is 13.7 Å². The molecule has 1 unspecified atom stereocenters. The van der Waals surface area contributed by atoms with Crippen molar-refractivity contribution in [1.82, 2.24) is 5.32 Å². The molecule has 0 bridgehead atoms. The second kappa shape index (κ2) is 7.60. The zero-order chi connectivity index (χ0) is 15.1. The van der Waals surface area contributed by atoms with Gasteiger partial charge in [-0.3, -0.25) is 4.79 Å². The normalized spacial score (nSPS) is 11.9. The van der Waals surface area contributed by atoms with Crippen LogP contribution in [0.5, 0.6) is 0 Å². The van der Waals surface area contributed by atoms with Gasteiger partial charge in [0.25, 0.3) is 0 Å². The molecule has 2 rings (SSSR count). The predicted octanol–water partition coefficient (Wildman–Crippen LogP) is 3.04. The molecule has 0 heterocycles. The molecule has 1 atom stereocenters. The second-order valence-corrected chi connectivity index (χ2v) is 5.04. The highest BCUT2D eigenvalue weighted by Crippen LogP contribution is 2.15. The molecule has 0 spiro atoms. The van der Waals surface area contributed by atoms with Crippen LogP contribution in [0.3, 0.4) is 0 Å². The van der Waals surface area contributed by atoms with Crippen molar-refractivity contribution in [3.05, 3.63) is 71.3 Å². The van der Waals surface area contributed by atoms with E-state index in [1.54, 1.807) is 7.11 Å². The lowest BCUT2D eigenvalue weighted by Gasteiger charge is -2.16. The molecule has 0 fully saturated rings. The van der Waals surface area contributed by atoms with Crippen LogP contribution < -0.4 is 5.32 Å². The average molecular weight is 283 g/mol. The van der Waals surface area contributed by atoms with Crippen molar-refractivity contribution in [2.24, 2.45) is 0 Å². The number of hydrogen-bond acceptors (Lipinski definition) is 2. The van der Waals surface area contributed by atoms with Gasteiger partial charge in [-0.1, -0.05) is 54.6 Å². The average Bonchev–Trinajstić information content (AvgIpc) is 2.51. The van der Waals surface area contributed by atoms with Crippen molar-refractivity contribution in [2.45, 2.75) is 19.4 Å². The summed E-state index contributed by atoms with van der Waals surface area (Å²) in [5, 5.41) is 2.94. The largest absolute Gasteiger partial charge is 0.375 e. The van der Waals surface area contributed by atoms with Crippen LogP contribution in [0.15, 0.2) is 54.6 Å². The van der Waals surface area contributed by atoms with E-state index in [2.05, 4.69) is 5.32 Å². The number of hydrogen-bond donors (Lipinski definition) is 1. The van der Waals surface area contributed by atoms with Crippen LogP contribution >= 0.6 is 0 Å². The summed E-state index contributed by atoms with van der Waals surface area (Å²) in [4.78, 5) is 12.0. The first-order valence-corrected chi connectivity index (χ1v) is 7.09. The third-order valence-electron chi connectivity index (χ3n) is 3.55. The zero-order valence-electron chi connectivity index (χ0n) is 12.5. The van der Waals surface area contributed by atoms with Crippen LogP contribution in [0.25, 0.3) is 0 Å². The third-order valence-corrected chi connectivity index (χ3v) is 3.55. The number of rotatable bonds is 6. The Morgan fingerprint density at radius 3 is 2.43 bits per heavy atom. The predicted molar refractivity (Wildman–Crippen MR) is 84.1 cm³/mol. The lowest BCUT2D eigenvalue weighted by molar-refractivity contribution is -0.121. The Kier molecular flexibility index (Phi) is 5.52. The summed E-state index contributed by atoms with van der Waals surface area (Å²) in [6.45, 7) is 2.50. The molecule has 2 aromatic carbocycles. The summed E-state index contributed by atoms with van der Waals surface area (Å²) in [5.74, 6) is 0.0160. The summed E-state index contributed by atoms with van der Waals surface area (Å²) in [6.07, 6.45) is 0.282. The van der Waals surface area contributed by atoms with E-state index in [-0.39, 0.29) is 12.0 Å². The highest BCUT2D eigenvalue weighted by Gasteiger charge is 2.12. The molecule has 110 valence electrons. The maximum atomic E-state index is 12.0. The van der Waals surface area contributed by atoms with Gasteiger partial charge in [0.2, 0.25) is 5.91 Å². The van der Waals surface area contributed by atoms with E-state index in [9.17, 15) is 4.79 Å². The van der Waals surface area contributed by atoms with Crippen LogP contribution in [0.4, 0.5) is 0 Å². The summed E-state index contributed by atoms with van der Waals surface area (Å²) < 4.78 is 5.45. The number of methoxy groups -OCH3 is 1. The Morgan fingerprint density at radius 1 is 1.10 bits per heavy atom. The van der Waals surface area contributed by atoms with Crippen LogP contribution in [-0.2, 0) is 16.0 Å². The molecular formula is C18H21NO2. The summed E-state index contributed by atoms with van der Waals surface area (Å²) in [5.41, 5.74) is 3.26. The highest BCUT2D eigenvalue weighted by atomic mass is 16.5. The summed E-state index contributed by atoms with van der Waals surface area (Å²) in [6, 6.07) is 17.8. The van der Waals surface area contributed by atoms with Gasteiger partial charge in [0.15, 0.2) is 0 Å². The number of aryl methyl sites for hydroxylation is 1. The number of carbonyl (C=O) groups is 1. The van der Waals surface area contributed by atoms with Gasteiger partial charge in [-0.2, -0.15) is 0 Å². The smallest absolute Gasteiger partial charge is 0.224 e. The molecule has 0 saturated heterocycles. The molecule has 0 aliphatic carbocycles. The van der Waals surface area contributed by atoms with Crippen molar-refractivity contribution in [1.29, 1.82) is 0 Å². The minimum absolute atomic E-state index is 0.0160. The fourth-order valence-corrected chi connectivity index (χ4v) is 2.26. The number of carbonyl (C=O) groups excluding carboxylic acids is 1. The molecular weight excluding hydrogens is 262 g/mol. The molecule has 0 saturated carbocycles. The van der Waals surface area contributed by atoms with Gasteiger partial charge in [-0.15, -0.1) is 0 Å². The van der Waals surface area contributed by atoms with Crippen LogP contribution in [0.2, 0.25) is 0 Å². The Morgan fingerprint density at radius 2 is 1.76 bits per heavy atom. The monoisotopic (exact) mass is 283 g/mol. The lowest BCUT2D eigenvalue weighted by atomic mass is 10.1. The minimum Gasteiger partial charge on any atom is -0.375 e. The van der Waals surface area contributed by atoms with Crippen LogP contribution in [0, 0.1) is 6.92 Å². The summed E-state index contributed by atoms with van der Waals surface area (Å²) in [7, 11) is 1.66. The number of ether oxygens (including phenoxy) is 1. The Labute approximate surface area is 126 Å². The van der Waals surface area contributed by atoms with E-state index in [1.807, 2.05) is 61.5 Å². The number of nitrogens with one attached hydrogen (secondary N) is 1. The maximum absolute atomic E-state index is 12.0. The lowest BCUT2D eigenvalue weighted by Crippen LogP contribution is -2.30. The molecule has 0 aromatic heterocycles. The molecule has 1 N–H and O–H groups in total. The molecule has 0 radical (unpaired) electrons. The first kappa shape index (κ1) is 15.3. The fourth-order valence-electron chi connectivity index (χ4n) is 2.26. The van der Waals surface area contributed by atoms with E-state index in [0.717, 1.165) is 16.7 Å². The fraction of sp³-hybridized carbons (Fsp3) is 0.278. The van der Waals surface area contributed by atoms with Gasteiger partial charge < -0.3 is 10.1 Å². The molecule has 0 aliphatic heterocycles. The quantitative estimate of drug-likeness (QED) is 0.885.